The quantitative estimate of drug-likeness (QED) is 0.0222. The first-order chi connectivity index (χ1) is 47.1. The van der Waals surface area contributed by atoms with Crippen LogP contribution < -0.4 is 0 Å². The third-order valence-corrected chi connectivity index (χ3v) is 20.5. The van der Waals surface area contributed by atoms with Crippen LogP contribution in [-0.4, -0.2) is 96.7 Å². The van der Waals surface area contributed by atoms with Crippen molar-refractivity contribution in [2.45, 2.75) is 432 Å². The normalized spacial score (nSPS) is 14.2. The van der Waals surface area contributed by atoms with Crippen LogP contribution in [0, 0.1) is 5.92 Å². The highest BCUT2D eigenvalue weighted by atomic mass is 31.2. The molecule has 0 amide bonds. The van der Waals surface area contributed by atoms with Crippen LogP contribution in [0.15, 0.2) is 0 Å². The molecule has 0 rings (SSSR count). The molecule has 6 atom stereocenters. The smallest absolute Gasteiger partial charge is 0.462 e. The van der Waals surface area contributed by atoms with Gasteiger partial charge in [0.2, 0.25) is 0 Å². The number of aliphatic hydroxyl groups excluding tert-OH is 1. The van der Waals surface area contributed by atoms with Crippen LogP contribution in [0.4, 0.5) is 0 Å². The summed E-state index contributed by atoms with van der Waals surface area (Å²) >= 11 is 0. The van der Waals surface area contributed by atoms with Gasteiger partial charge in [0.1, 0.15) is 19.3 Å². The standard InChI is InChI=1S/C78H152O17P2/c1-6-10-13-16-18-20-22-24-26-28-30-31-32-33-35-37-39-41-43-48-53-58-63-77(82)95-74(68-89-76(81)62-57-52-47-42-40-38-36-34-29-27-25-23-21-19-17-14-11-7-2)70-93-97(86,87)91-66-72(79)65-90-96(84,85)92-69-73(67-88-75(80)61-56-50-15-12-8-3)94-78(83)64-59-54-49-45-44-46-51-55-60-71(5)9-4/h71-74,79H,6-70H2,1-5H3,(H,84,85)(H,86,87)/t71?,72-,73+,74+/m0/s1. The number of aliphatic hydroxyl groups is 1. The minimum atomic E-state index is -4.96. The Kier molecular flexibility index (Phi) is 69.6. The van der Waals surface area contributed by atoms with E-state index in [4.69, 9.17) is 37.0 Å². The number of phosphoric ester groups is 2. The van der Waals surface area contributed by atoms with Crippen LogP contribution >= 0.6 is 15.6 Å². The number of rotatable bonds is 78. The van der Waals surface area contributed by atoms with Crippen molar-refractivity contribution in [3.63, 3.8) is 0 Å². The number of ether oxygens (including phenoxy) is 4. The van der Waals surface area contributed by atoms with Gasteiger partial charge in [0.05, 0.1) is 26.4 Å². The van der Waals surface area contributed by atoms with Gasteiger partial charge in [-0.1, -0.05) is 362 Å². The SMILES string of the molecule is CCCCCCCCCCCCCCCCCCCCCCCCC(=O)O[C@H](COC(=O)CCCCCCCCCCCCCCCCCCCC)COP(=O)(O)OC[C@@H](O)COP(=O)(O)OC[C@@H](COC(=O)CCCCCCC)OC(=O)CCCCCCCCCCC(C)CC. The molecule has 0 aromatic rings. The molecule has 0 fully saturated rings. The van der Waals surface area contributed by atoms with E-state index in [9.17, 15) is 43.2 Å². The molecule has 3 N–H and O–H groups in total. The summed E-state index contributed by atoms with van der Waals surface area (Å²) in [5, 5.41) is 10.6. The summed E-state index contributed by atoms with van der Waals surface area (Å²) in [5.41, 5.74) is 0. The molecule has 97 heavy (non-hydrogen) atoms. The Morgan fingerprint density at radius 2 is 0.495 bits per heavy atom. The van der Waals surface area contributed by atoms with Gasteiger partial charge < -0.3 is 33.8 Å². The molecular weight excluding hydrogens is 1270 g/mol. The molecule has 0 radical (unpaired) electrons. The van der Waals surface area contributed by atoms with E-state index in [-0.39, 0.29) is 25.7 Å². The lowest BCUT2D eigenvalue weighted by molar-refractivity contribution is -0.161. The molecule has 0 saturated heterocycles. The zero-order valence-electron chi connectivity index (χ0n) is 63.2. The molecule has 17 nitrogen and oxygen atoms in total. The largest absolute Gasteiger partial charge is 0.472 e. The van der Waals surface area contributed by atoms with Gasteiger partial charge in [-0.05, 0) is 31.6 Å². The van der Waals surface area contributed by atoms with Crippen LogP contribution in [0.3, 0.4) is 0 Å². The van der Waals surface area contributed by atoms with Gasteiger partial charge in [-0.15, -0.1) is 0 Å². The predicted octanol–water partition coefficient (Wildman–Crippen LogP) is 23.3. The van der Waals surface area contributed by atoms with Gasteiger partial charge in [0.15, 0.2) is 12.2 Å². The Morgan fingerprint density at radius 1 is 0.289 bits per heavy atom. The Hall–Kier alpha value is -1.94. The molecule has 0 aromatic carbocycles. The average molecular weight is 1420 g/mol. The second-order valence-electron chi connectivity index (χ2n) is 28.3. The maximum absolute atomic E-state index is 13.1. The first-order valence-corrected chi connectivity index (χ1v) is 43.7. The Bertz CT molecular complexity index is 1860. The van der Waals surface area contributed by atoms with Crippen molar-refractivity contribution in [2.24, 2.45) is 5.92 Å². The number of carbonyl (C=O) groups excluding carboxylic acids is 4. The monoisotopic (exact) mass is 1420 g/mol. The predicted molar refractivity (Wildman–Crippen MR) is 395 cm³/mol. The van der Waals surface area contributed by atoms with E-state index in [0.717, 1.165) is 102 Å². The summed E-state index contributed by atoms with van der Waals surface area (Å²) in [6, 6.07) is 0. The van der Waals surface area contributed by atoms with Gasteiger partial charge in [-0.2, -0.15) is 0 Å². The average Bonchev–Trinajstić information content (AvgIpc) is 1.31. The van der Waals surface area contributed by atoms with Crippen molar-refractivity contribution >= 4 is 39.5 Å². The highest BCUT2D eigenvalue weighted by Crippen LogP contribution is 2.45. The number of hydrogen-bond donors (Lipinski definition) is 3. The molecule has 0 spiro atoms. The lowest BCUT2D eigenvalue weighted by Gasteiger charge is -2.21. The lowest BCUT2D eigenvalue weighted by atomic mass is 9.99. The molecule has 576 valence electrons. The van der Waals surface area contributed by atoms with Gasteiger partial charge in [0.25, 0.3) is 0 Å². The fourth-order valence-electron chi connectivity index (χ4n) is 12.0. The zero-order chi connectivity index (χ0) is 71.2. The number of phosphoric acid groups is 2. The van der Waals surface area contributed by atoms with Crippen molar-refractivity contribution in [3.8, 4) is 0 Å². The van der Waals surface area contributed by atoms with Gasteiger partial charge in [0, 0.05) is 25.7 Å². The van der Waals surface area contributed by atoms with Crippen molar-refractivity contribution in [1.82, 2.24) is 0 Å². The van der Waals surface area contributed by atoms with Crippen LogP contribution in [0.2, 0.25) is 0 Å². The van der Waals surface area contributed by atoms with E-state index >= 15 is 0 Å². The highest BCUT2D eigenvalue weighted by Gasteiger charge is 2.30. The van der Waals surface area contributed by atoms with E-state index in [0.29, 0.717) is 25.7 Å². The zero-order valence-corrected chi connectivity index (χ0v) is 65.0. The van der Waals surface area contributed by atoms with Crippen molar-refractivity contribution in [2.75, 3.05) is 39.6 Å². The lowest BCUT2D eigenvalue weighted by Crippen LogP contribution is -2.30. The Morgan fingerprint density at radius 3 is 0.732 bits per heavy atom. The van der Waals surface area contributed by atoms with E-state index in [1.165, 1.54) is 231 Å². The van der Waals surface area contributed by atoms with Crippen molar-refractivity contribution in [1.29, 1.82) is 0 Å². The molecule has 0 aromatic heterocycles. The topological polar surface area (TPSA) is 237 Å². The number of unbranched alkanes of at least 4 members (excludes halogenated alkanes) is 49. The number of hydrogen-bond acceptors (Lipinski definition) is 15. The molecule has 0 aliphatic rings. The van der Waals surface area contributed by atoms with E-state index in [1.807, 2.05) is 0 Å². The molecule has 0 bridgehead atoms. The van der Waals surface area contributed by atoms with E-state index in [2.05, 4.69) is 34.6 Å². The number of esters is 4. The third kappa shape index (κ3) is 70.9. The van der Waals surface area contributed by atoms with Crippen molar-refractivity contribution < 1.29 is 80.2 Å². The fourth-order valence-corrected chi connectivity index (χ4v) is 13.6. The van der Waals surface area contributed by atoms with E-state index in [1.54, 1.807) is 0 Å². The second kappa shape index (κ2) is 71.1. The Labute approximate surface area is 594 Å². The van der Waals surface area contributed by atoms with Crippen LogP contribution in [0.25, 0.3) is 0 Å². The van der Waals surface area contributed by atoms with Crippen LogP contribution in [0.5, 0.6) is 0 Å². The number of carbonyl (C=O) groups is 4. The summed E-state index contributed by atoms with van der Waals surface area (Å²) in [7, 11) is -9.90. The van der Waals surface area contributed by atoms with E-state index < -0.39 is 97.5 Å². The maximum atomic E-state index is 13.1. The van der Waals surface area contributed by atoms with Crippen molar-refractivity contribution in [3.05, 3.63) is 0 Å². The molecule has 0 aliphatic heterocycles. The van der Waals surface area contributed by atoms with Gasteiger partial charge in [-0.25, -0.2) is 9.13 Å². The third-order valence-electron chi connectivity index (χ3n) is 18.6. The fraction of sp³-hybridized carbons (Fsp3) is 0.949. The van der Waals surface area contributed by atoms with Gasteiger partial charge >= 0.3 is 39.5 Å². The summed E-state index contributed by atoms with van der Waals surface area (Å²) in [6.45, 7) is 7.20. The van der Waals surface area contributed by atoms with Gasteiger partial charge in [-0.3, -0.25) is 37.3 Å². The highest BCUT2D eigenvalue weighted by molar-refractivity contribution is 7.47. The summed E-state index contributed by atoms with van der Waals surface area (Å²) in [6.07, 6.45) is 61.7. The maximum Gasteiger partial charge on any atom is 0.472 e. The minimum absolute atomic E-state index is 0.104. The summed E-state index contributed by atoms with van der Waals surface area (Å²) in [4.78, 5) is 72.6. The first-order valence-electron chi connectivity index (χ1n) is 40.7. The molecule has 0 saturated carbocycles. The summed E-state index contributed by atoms with van der Waals surface area (Å²) in [5.74, 6) is -1.36. The molecule has 19 heteroatoms. The van der Waals surface area contributed by atoms with Crippen LogP contribution in [-0.2, 0) is 65.4 Å². The molecule has 0 aliphatic carbocycles. The Balaban J connectivity index is 5.11. The minimum Gasteiger partial charge on any atom is -0.462 e. The summed E-state index contributed by atoms with van der Waals surface area (Å²) < 4.78 is 68.3. The van der Waals surface area contributed by atoms with Crippen LogP contribution in [0.1, 0.15) is 413 Å². The molecule has 3 unspecified atom stereocenters. The molecular formula is C78H152O17P2. The first kappa shape index (κ1) is 95.1. The molecule has 0 heterocycles. The second-order valence-corrected chi connectivity index (χ2v) is 31.3.